The zero-order valence-electron chi connectivity index (χ0n) is 14.2. The third-order valence-electron chi connectivity index (χ3n) is 3.64. The molecule has 0 atom stereocenters. The lowest BCUT2D eigenvalue weighted by Crippen LogP contribution is -2.06. The normalized spacial score (nSPS) is 11.3. The van der Waals surface area contributed by atoms with Gasteiger partial charge in [0.05, 0.1) is 6.20 Å². The fourth-order valence-electron chi connectivity index (χ4n) is 2.56. The third kappa shape index (κ3) is 3.93. The molecule has 3 aromatic heterocycles. The summed E-state index contributed by atoms with van der Waals surface area (Å²) in [6.07, 6.45) is 3.73. The van der Waals surface area contributed by atoms with Crippen molar-refractivity contribution >= 4 is 17.3 Å². The van der Waals surface area contributed by atoms with Gasteiger partial charge in [0, 0.05) is 25.5 Å². The molecule has 1 N–H and O–H groups in total. The number of nitro groups is 1. The number of nitrogens with zero attached hydrogens (tertiary/aromatic N) is 5. The molecule has 0 aliphatic heterocycles. The molecule has 3 heterocycles. The lowest BCUT2D eigenvalue weighted by atomic mass is 10.1. The largest absolute Gasteiger partial charge is 0.372 e. The van der Waals surface area contributed by atoms with Crippen LogP contribution in [0, 0.1) is 16.0 Å². The molecule has 132 valence electrons. The number of imidazole rings is 1. The van der Waals surface area contributed by atoms with Crippen LogP contribution in [0.5, 0.6) is 0 Å². The predicted octanol–water partition coefficient (Wildman–Crippen LogP) is 2.87. The second-order valence-electron chi connectivity index (χ2n) is 6.20. The van der Waals surface area contributed by atoms with Crippen molar-refractivity contribution in [3.8, 4) is 0 Å². The molecule has 25 heavy (non-hydrogen) atoms. The molecule has 9 heteroatoms. The van der Waals surface area contributed by atoms with Crippen molar-refractivity contribution in [2.24, 2.45) is 5.92 Å². The smallest absolute Gasteiger partial charge is 0.363 e. The molecule has 0 aliphatic carbocycles. The van der Waals surface area contributed by atoms with Gasteiger partial charge in [-0.15, -0.1) is 0 Å². The van der Waals surface area contributed by atoms with Crippen LogP contribution in [0.3, 0.4) is 0 Å². The van der Waals surface area contributed by atoms with Crippen LogP contribution in [0.2, 0.25) is 0 Å². The first-order valence-electron chi connectivity index (χ1n) is 8.21. The Hall–Kier alpha value is -2.97. The Morgan fingerprint density at radius 1 is 1.36 bits per heavy atom. The number of nitrogens with one attached hydrogen (secondary N) is 1. The van der Waals surface area contributed by atoms with Crippen LogP contribution in [-0.2, 0) is 12.8 Å². The molecule has 0 aliphatic rings. The Morgan fingerprint density at radius 2 is 2.20 bits per heavy atom. The number of rotatable bonds is 8. The van der Waals surface area contributed by atoms with Crippen molar-refractivity contribution in [3.05, 3.63) is 46.2 Å². The molecule has 0 amide bonds. The third-order valence-corrected chi connectivity index (χ3v) is 3.64. The summed E-state index contributed by atoms with van der Waals surface area (Å²) in [5.74, 6) is 1.98. The number of hydrogen-bond acceptors (Lipinski definition) is 7. The number of fused-ring (bicyclic) bond motifs is 1. The molecule has 0 bridgehead atoms. The molecule has 3 rings (SSSR count). The maximum atomic E-state index is 11.3. The molecule has 0 radical (unpaired) electrons. The highest BCUT2D eigenvalue weighted by Gasteiger charge is 2.21. The molecular weight excluding hydrogens is 324 g/mol. The summed E-state index contributed by atoms with van der Waals surface area (Å²) >= 11 is 0. The summed E-state index contributed by atoms with van der Waals surface area (Å²) in [6, 6.07) is 5.25. The fourth-order valence-corrected chi connectivity index (χ4v) is 2.56. The van der Waals surface area contributed by atoms with Gasteiger partial charge >= 0.3 is 5.82 Å². The van der Waals surface area contributed by atoms with Crippen molar-refractivity contribution in [1.29, 1.82) is 0 Å². The predicted molar refractivity (Wildman–Crippen MR) is 91.5 cm³/mol. The van der Waals surface area contributed by atoms with Gasteiger partial charge in [0.25, 0.3) is 0 Å². The van der Waals surface area contributed by atoms with E-state index in [1.54, 1.807) is 24.4 Å². The lowest BCUT2D eigenvalue weighted by Gasteiger charge is -2.01. The van der Waals surface area contributed by atoms with Gasteiger partial charge in [-0.3, -0.25) is 0 Å². The van der Waals surface area contributed by atoms with Crippen molar-refractivity contribution in [2.45, 2.75) is 33.1 Å². The first kappa shape index (κ1) is 16.9. The van der Waals surface area contributed by atoms with E-state index in [4.69, 9.17) is 4.52 Å². The summed E-state index contributed by atoms with van der Waals surface area (Å²) in [5.41, 5.74) is 0.534. The zero-order valence-corrected chi connectivity index (χ0v) is 14.2. The van der Waals surface area contributed by atoms with E-state index in [-0.39, 0.29) is 11.6 Å². The van der Waals surface area contributed by atoms with Crippen LogP contribution in [0.4, 0.5) is 11.6 Å². The van der Waals surface area contributed by atoms with E-state index >= 15 is 0 Å². The molecule has 0 saturated carbocycles. The fraction of sp³-hybridized carbons (Fsp3) is 0.438. The zero-order chi connectivity index (χ0) is 17.8. The molecule has 0 unspecified atom stereocenters. The monoisotopic (exact) mass is 344 g/mol. The number of hydrogen-bond donors (Lipinski definition) is 1. The second-order valence-corrected chi connectivity index (χ2v) is 6.20. The van der Waals surface area contributed by atoms with Crippen molar-refractivity contribution in [2.75, 3.05) is 11.9 Å². The molecule has 0 fully saturated rings. The van der Waals surface area contributed by atoms with Crippen molar-refractivity contribution in [1.82, 2.24) is 19.5 Å². The topological polar surface area (TPSA) is 111 Å². The average Bonchev–Trinajstić information content (AvgIpc) is 3.14. The van der Waals surface area contributed by atoms with E-state index in [0.29, 0.717) is 42.7 Å². The molecule has 3 aromatic rings. The minimum absolute atomic E-state index is 0.0624. The van der Waals surface area contributed by atoms with Gasteiger partial charge in [0.2, 0.25) is 17.4 Å². The first-order valence-corrected chi connectivity index (χ1v) is 8.21. The molecule has 0 aromatic carbocycles. The van der Waals surface area contributed by atoms with E-state index < -0.39 is 4.92 Å². The number of pyridine rings is 1. The standard InChI is InChI=1S/C16H20N6O3/c1-11(2)10-12-18-14(25-20-12)7-5-8-17-15-16(22(23)24)21-9-4-3-6-13(21)19-15/h3-4,6,9,11,17H,5,7-8,10H2,1-2H3. The number of anilines is 1. The maximum absolute atomic E-state index is 11.3. The minimum Gasteiger partial charge on any atom is -0.363 e. The first-order chi connectivity index (χ1) is 12.0. The Bertz CT molecular complexity index is 870. The number of aromatic nitrogens is 4. The Kier molecular flexibility index (Phi) is 4.92. The van der Waals surface area contributed by atoms with E-state index in [1.165, 1.54) is 4.40 Å². The summed E-state index contributed by atoms with van der Waals surface area (Å²) in [4.78, 5) is 19.5. The summed E-state index contributed by atoms with van der Waals surface area (Å²) in [7, 11) is 0. The molecular formula is C16H20N6O3. The molecule has 0 saturated heterocycles. The van der Waals surface area contributed by atoms with Gasteiger partial charge in [-0.1, -0.05) is 25.1 Å². The second kappa shape index (κ2) is 7.29. The van der Waals surface area contributed by atoms with Gasteiger partial charge < -0.3 is 20.0 Å². The molecule has 0 spiro atoms. The minimum atomic E-state index is -0.432. The van der Waals surface area contributed by atoms with Gasteiger partial charge in [0.1, 0.15) is 0 Å². The summed E-state index contributed by atoms with van der Waals surface area (Å²) in [6.45, 7) is 4.72. The van der Waals surface area contributed by atoms with Crippen LogP contribution in [-0.4, -0.2) is 31.0 Å². The van der Waals surface area contributed by atoms with Crippen molar-refractivity contribution in [3.63, 3.8) is 0 Å². The quantitative estimate of drug-likeness (QED) is 0.380. The van der Waals surface area contributed by atoms with Crippen LogP contribution in [0.25, 0.3) is 5.65 Å². The van der Waals surface area contributed by atoms with E-state index in [1.807, 2.05) is 0 Å². The van der Waals surface area contributed by atoms with Crippen LogP contribution >= 0.6 is 0 Å². The van der Waals surface area contributed by atoms with E-state index in [9.17, 15) is 10.1 Å². The van der Waals surface area contributed by atoms with Crippen LogP contribution in [0.1, 0.15) is 32.0 Å². The van der Waals surface area contributed by atoms with Crippen LogP contribution < -0.4 is 5.32 Å². The lowest BCUT2D eigenvalue weighted by molar-refractivity contribution is -0.389. The highest BCUT2D eigenvalue weighted by atomic mass is 16.6. The SMILES string of the molecule is CC(C)Cc1noc(CCCNc2nc3ccccn3c2[N+](=O)[O-])n1. The summed E-state index contributed by atoms with van der Waals surface area (Å²) in [5, 5.41) is 18.3. The van der Waals surface area contributed by atoms with Gasteiger partial charge in [0.15, 0.2) is 5.82 Å². The Morgan fingerprint density at radius 3 is 2.96 bits per heavy atom. The van der Waals surface area contributed by atoms with Crippen molar-refractivity contribution < 1.29 is 9.45 Å². The van der Waals surface area contributed by atoms with Gasteiger partial charge in [-0.2, -0.15) is 14.4 Å². The van der Waals surface area contributed by atoms with Gasteiger partial charge in [-0.05, 0) is 23.3 Å². The highest BCUT2D eigenvalue weighted by molar-refractivity contribution is 5.62. The molecule has 9 nitrogen and oxygen atoms in total. The van der Waals surface area contributed by atoms with E-state index in [2.05, 4.69) is 34.3 Å². The van der Waals surface area contributed by atoms with E-state index in [0.717, 1.165) is 6.42 Å². The Balaban J connectivity index is 1.59. The Labute approximate surface area is 144 Å². The van der Waals surface area contributed by atoms with Crippen LogP contribution in [0.15, 0.2) is 28.9 Å². The van der Waals surface area contributed by atoms with Gasteiger partial charge in [-0.25, -0.2) is 0 Å². The average molecular weight is 344 g/mol. The highest BCUT2D eigenvalue weighted by Crippen LogP contribution is 2.25. The number of aryl methyl sites for hydroxylation is 1. The summed E-state index contributed by atoms with van der Waals surface area (Å²) < 4.78 is 6.67. The maximum Gasteiger partial charge on any atom is 0.372 e.